The molecule has 2 unspecified atom stereocenters. The van der Waals surface area contributed by atoms with E-state index in [1.165, 1.54) is 17.5 Å². The molecule has 2 rings (SSSR count). The van der Waals surface area contributed by atoms with Crippen LogP contribution in [-0.4, -0.2) is 12.6 Å². The van der Waals surface area contributed by atoms with E-state index in [9.17, 15) is 0 Å². The van der Waals surface area contributed by atoms with E-state index in [1.54, 1.807) is 5.56 Å². The average Bonchev–Trinajstić information content (AvgIpc) is 2.56. The summed E-state index contributed by atoms with van der Waals surface area (Å²) >= 11 is 0. The molecule has 1 heterocycles. The third-order valence-corrected chi connectivity index (χ3v) is 3.23. The van der Waals surface area contributed by atoms with Crippen molar-refractivity contribution < 1.29 is 0 Å². The Morgan fingerprint density at radius 2 is 2.07 bits per heavy atom. The van der Waals surface area contributed by atoms with Gasteiger partial charge in [-0.15, -0.1) is 0 Å². The SMILES string of the molecule is Cc1ccc(C)c(C2CNC(C)C2)c1. The van der Waals surface area contributed by atoms with Crippen LogP contribution in [-0.2, 0) is 0 Å². The van der Waals surface area contributed by atoms with E-state index in [1.807, 2.05) is 0 Å². The summed E-state index contributed by atoms with van der Waals surface area (Å²) in [6, 6.07) is 7.47. The van der Waals surface area contributed by atoms with Gasteiger partial charge in [-0.1, -0.05) is 23.8 Å². The number of hydrogen-bond acceptors (Lipinski definition) is 1. The standard InChI is InChI=1S/C13H19N/c1-9-4-5-10(2)13(6-9)12-7-11(3)14-8-12/h4-6,11-12,14H,7-8H2,1-3H3. The predicted molar refractivity (Wildman–Crippen MR) is 60.7 cm³/mol. The summed E-state index contributed by atoms with van der Waals surface area (Å²) in [5.41, 5.74) is 4.36. The predicted octanol–water partition coefficient (Wildman–Crippen LogP) is 2.77. The molecule has 1 aliphatic rings. The quantitative estimate of drug-likeness (QED) is 0.716. The highest BCUT2D eigenvalue weighted by Gasteiger charge is 2.23. The van der Waals surface area contributed by atoms with Crippen LogP contribution in [0.2, 0.25) is 0 Å². The summed E-state index contributed by atoms with van der Waals surface area (Å²) in [4.78, 5) is 0. The van der Waals surface area contributed by atoms with Gasteiger partial charge in [0.2, 0.25) is 0 Å². The fourth-order valence-corrected chi connectivity index (χ4v) is 2.37. The first-order valence-electron chi connectivity index (χ1n) is 5.47. The molecule has 0 amide bonds. The van der Waals surface area contributed by atoms with Crippen LogP contribution in [0.25, 0.3) is 0 Å². The van der Waals surface area contributed by atoms with E-state index in [-0.39, 0.29) is 0 Å². The Labute approximate surface area is 86.5 Å². The van der Waals surface area contributed by atoms with Crippen LogP contribution < -0.4 is 5.32 Å². The highest BCUT2D eigenvalue weighted by molar-refractivity contribution is 5.34. The Kier molecular flexibility index (Phi) is 2.60. The first kappa shape index (κ1) is 9.72. The number of rotatable bonds is 1. The van der Waals surface area contributed by atoms with Crippen molar-refractivity contribution in [3.8, 4) is 0 Å². The van der Waals surface area contributed by atoms with Gasteiger partial charge >= 0.3 is 0 Å². The lowest BCUT2D eigenvalue weighted by atomic mass is 9.91. The second-order valence-electron chi connectivity index (χ2n) is 4.60. The molecule has 1 N–H and O–H groups in total. The van der Waals surface area contributed by atoms with Crippen LogP contribution >= 0.6 is 0 Å². The van der Waals surface area contributed by atoms with Crippen molar-refractivity contribution in [1.29, 1.82) is 0 Å². The van der Waals surface area contributed by atoms with Crippen LogP contribution in [0.4, 0.5) is 0 Å². The Morgan fingerprint density at radius 1 is 1.29 bits per heavy atom. The number of aryl methyl sites for hydroxylation is 2. The molecule has 1 heteroatoms. The molecule has 1 fully saturated rings. The second kappa shape index (κ2) is 3.74. The molecule has 0 radical (unpaired) electrons. The van der Waals surface area contributed by atoms with E-state index < -0.39 is 0 Å². The molecule has 76 valence electrons. The van der Waals surface area contributed by atoms with Gasteiger partial charge in [-0.2, -0.15) is 0 Å². The molecular formula is C13H19N. The van der Waals surface area contributed by atoms with Crippen LogP contribution in [0.5, 0.6) is 0 Å². The third-order valence-electron chi connectivity index (χ3n) is 3.23. The number of benzene rings is 1. The van der Waals surface area contributed by atoms with Crippen molar-refractivity contribution in [3.05, 3.63) is 34.9 Å². The summed E-state index contributed by atoms with van der Waals surface area (Å²) in [5, 5.41) is 3.51. The summed E-state index contributed by atoms with van der Waals surface area (Å²) in [6.07, 6.45) is 1.28. The largest absolute Gasteiger partial charge is 0.314 e. The topological polar surface area (TPSA) is 12.0 Å². The molecule has 2 atom stereocenters. The minimum atomic E-state index is 0.680. The third kappa shape index (κ3) is 1.83. The molecule has 14 heavy (non-hydrogen) atoms. The lowest BCUT2D eigenvalue weighted by molar-refractivity contribution is 0.658. The fraction of sp³-hybridized carbons (Fsp3) is 0.538. The highest BCUT2D eigenvalue weighted by atomic mass is 14.9. The van der Waals surface area contributed by atoms with Crippen LogP contribution in [0.15, 0.2) is 18.2 Å². The zero-order valence-corrected chi connectivity index (χ0v) is 9.30. The molecular weight excluding hydrogens is 170 g/mol. The van der Waals surface area contributed by atoms with Gasteiger partial charge in [-0.3, -0.25) is 0 Å². The van der Waals surface area contributed by atoms with E-state index in [0.717, 1.165) is 12.5 Å². The molecule has 1 nitrogen and oxygen atoms in total. The summed E-state index contributed by atoms with van der Waals surface area (Å²) in [7, 11) is 0. The summed E-state index contributed by atoms with van der Waals surface area (Å²) in [5.74, 6) is 0.727. The van der Waals surface area contributed by atoms with Gasteiger partial charge in [0.15, 0.2) is 0 Å². The van der Waals surface area contributed by atoms with Gasteiger partial charge in [0.25, 0.3) is 0 Å². The van der Waals surface area contributed by atoms with Crippen LogP contribution in [0, 0.1) is 13.8 Å². The Balaban J connectivity index is 2.27. The van der Waals surface area contributed by atoms with Gasteiger partial charge in [0.05, 0.1) is 0 Å². The van der Waals surface area contributed by atoms with Crippen molar-refractivity contribution in [3.63, 3.8) is 0 Å². The maximum atomic E-state index is 3.51. The normalized spacial score (nSPS) is 26.8. The zero-order chi connectivity index (χ0) is 10.1. The fourth-order valence-electron chi connectivity index (χ4n) is 2.37. The highest BCUT2D eigenvalue weighted by Crippen LogP contribution is 2.28. The van der Waals surface area contributed by atoms with Gasteiger partial charge in [-0.05, 0) is 44.2 Å². The molecule has 0 bridgehead atoms. The maximum absolute atomic E-state index is 3.51. The lowest BCUT2D eigenvalue weighted by Crippen LogP contribution is -2.16. The smallest absolute Gasteiger partial charge is 0.00452 e. The summed E-state index contributed by atoms with van der Waals surface area (Å²) in [6.45, 7) is 7.81. The molecule has 1 saturated heterocycles. The average molecular weight is 189 g/mol. The minimum absolute atomic E-state index is 0.680. The number of hydrogen-bond donors (Lipinski definition) is 1. The van der Waals surface area contributed by atoms with Gasteiger partial charge < -0.3 is 5.32 Å². The Morgan fingerprint density at radius 3 is 2.71 bits per heavy atom. The second-order valence-corrected chi connectivity index (χ2v) is 4.60. The van der Waals surface area contributed by atoms with Crippen LogP contribution in [0.1, 0.15) is 36.0 Å². The van der Waals surface area contributed by atoms with Crippen molar-refractivity contribution in [2.45, 2.75) is 39.2 Å². The lowest BCUT2D eigenvalue weighted by Gasteiger charge is -2.13. The van der Waals surface area contributed by atoms with E-state index in [4.69, 9.17) is 0 Å². The molecule has 1 aromatic rings. The van der Waals surface area contributed by atoms with Crippen LogP contribution in [0.3, 0.4) is 0 Å². The van der Waals surface area contributed by atoms with Gasteiger partial charge in [0, 0.05) is 12.6 Å². The van der Waals surface area contributed by atoms with Crippen molar-refractivity contribution in [2.75, 3.05) is 6.54 Å². The van der Waals surface area contributed by atoms with Crippen molar-refractivity contribution in [2.24, 2.45) is 0 Å². The Hall–Kier alpha value is -0.820. The molecule has 1 aromatic carbocycles. The Bertz CT molecular complexity index is 330. The van der Waals surface area contributed by atoms with Gasteiger partial charge in [-0.25, -0.2) is 0 Å². The minimum Gasteiger partial charge on any atom is -0.314 e. The first-order valence-corrected chi connectivity index (χ1v) is 5.47. The molecule has 0 saturated carbocycles. The van der Waals surface area contributed by atoms with Gasteiger partial charge in [0.1, 0.15) is 0 Å². The van der Waals surface area contributed by atoms with E-state index in [0.29, 0.717) is 6.04 Å². The zero-order valence-electron chi connectivity index (χ0n) is 9.30. The van der Waals surface area contributed by atoms with E-state index >= 15 is 0 Å². The van der Waals surface area contributed by atoms with E-state index in [2.05, 4.69) is 44.3 Å². The molecule has 0 aliphatic carbocycles. The van der Waals surface area contributed by atoms with Crippen molar-refractivity contribution >= 4 is 0 Å². The maximum Gasteiger partial charge on any atom is 0.00452 e. The monoisotopic (exact) mass is 189 g/mol. The molecule has 1 aliphatic heterocycles. The first-order chi connectivity index (χ1) is 6.66. The molecule has 0 aromatic heterocycles. The molecule has 0 spiro atoms. The van der Waals surface area contributed by atoms with Crippen molar-refractivity contribution in [1.82, 2.24) is 5.32 Å². The summed E-state index contributed by atoms with van der Waals surface area (Å²) < 4.78 is 0. The number of nitrogens with one attached hydrogen (secondary N) is 1.